The van der Waals surface area contributed by atoms with E-state index in [2.05, 4.69) is 14.9 Å². The van der Waals surface area contributed by atoms with Crippen molar-refractivity contribution >= 4 is 29.6 Å². The fourth-order valence-corrected chi connectivity index (χ4v) is 5.94. The van der Waals surface area contributed by atoms with E-state index in [1.807, 2.05) is 13.8 Å². The molecule has 0 fully saturated rings. The summed E-state index contributed by atoms with van der Waals surface area (Å²) < 4.78 is 59.4. The Morgan fingerprint density at radius 2 is 1.47 bits per heavy atom. The van der Waals surface area contributed by atoms with Gasteiger partial charge in [0.15, 0.2) is 17.4 Å². The van der Waals surface area contributed by atoms with Crippen LogP contribution >= 0.6 is 11.8 Å². The van der Waals surface area contributed by atoms with Crippen molar-refractivity contribution < 1.29 is 57.1 Å². The maximum atomic E-state index is 13.9. The van der Waals surface area contributed by atoms with Crippen LogP contribution in [0.4, 0.5) is 17.6 Å². The molecule has 0 radical (unpaired) electrons. The minimum absolute atomic E-state index is 0.0316. The van der Waals surface area contributed by atoms with Crippen molar-refractivity contribution in [3.05, 3.63) is 106 Å². The fraction of sp³-hybridized carbons (Fsp3) is 0.368. The van der Waals surface area contributed by atoms with Gasteiger partial charge in [-0.1, -0.05) is 55.9 Å². The van der Waals surface area contributed by atoms with Gasteiger partial charge in [0, 0.05) is 37.1 Å². The Hall–Kier alpha value is -5.37. The van der Waals surface area contributed by atoms with Gasteiger partial charge in [0.25, 0.3) is 0 Å². The summed E-state index contributed by atoms with van der Waals surface area (Å²) in [5.74, 6) is -3.68. The van der Waals surface area contributed by atoms with Gasteiger partial charge in [-0.25, -0.2) is 14.0 Å². The summed E-state index contributed by atoms with van der Waals surface area (Å²) in [5.41, 5.74) is 1.34. The van der Waals surface area contributed by atoms with Crippen molar-refractivity contribution in [2.45, 2.75) is 63.2 Å². The standard InChI is InChI=1S/C34H37F4N5O3S.C4H6O6/c1-4-41(5-2)17-18-42(20-25-9-16-29(39-19-25)26-10-12-27(13-11-26)34(36,37)38)31(44)22-43-21-30(46-6-3)32(45)40-33(43)47-23-24-7-14-28(35)15-8-24;5-1(3(7)8)2(6)4(9)10/h7-16,19,21H,4-6,17-18,20,22-23H2,1-3H3;1-2,5-6H,(H,7,8)(H,9,10). The summed E-state index contributed by atoms with van der Waals surface area (Å²) in [7, 11) is 0. The van der Waals surface area contributed by atoms with Crippen LogP contribution in [0, 0.1) is 5.82 Å². The number of aliphatic hydroxyl groups excluding tert-OH is 2. The molecule has 2 heterocycles. The number of ether oxygens (including phenoxy) is 1. The number of carboxylic acids is 2. The Bertz CT molecular complexity index is 1960. The molecule has 0 aliphatic heterocycles. The highest BCUT2D eigenvalue weighted by Crippen LogP contribution is 2.30. The lowest BCUT2D eigenvalue weighted by molar-refractivity contribution is -0.165. The summed E-state index contributed by atoms with van der Waals surface area (Å²) in [5, 5.41) is 32.8. The molecule has 2 atom stereocenters. The number of pyridine rings is 1. The second-order valence-electron chi connectivity index (χ2n) is 12.2. The number of thioether (sulfide) groups is 1. The number of amides is 1. The molecule has 0 aliphatic carbocycles. The predicted molar refractivity (Wildman–Crippen MR) is 201 cm³/mol. The topological polar surface area (TPSA) is 196 Å². The average Bonchev–Trinajstić information content (AvgIpc) is 3.18. The molecule has 4 rings (SSSR count). The number of halogens is 4. The molecule has 4 N–H and O–H groups in total. The quantitative estimate of drug-likeness (QED) is 0.0627. The van der Waals surface area contributed by atoms with Gasteiger partial charge in [-0.2, -0.15) is 18.2 Å². The molecule has 0 spiro atoms. The Labute approximate surface area is 329 Å². The normalized spacial score (nSPS) is 12.3. The maximum Gasteiger partial charge on any atom is 0.416 e. The molecule has 2 unspecified atom stereocenters. The first-order valence-corrected chi connectivity index (χ1v) is 18.5. The van der Waals surface area contributed by atoms with Crippen molar-refractivity contribution in [2.75, 3.05) is 32.8 Å². The Morgan fingerprint density at radius 3 is 1.98 bits per heavy atom. The highest BCUT2D eigenvalue weighted by Gasteiger charge is 2.30. The number of carbonyl (C=O) groups excluding carboxylic acids is 1. The Kier molecular flexibility index (Phi) is 17.6. The van der Waals surface area contributed by atoms with E-state index in [9.17, 15) is 36.7 Å². The van der Waals surface area contributed by atoms with Gasteiger partial charge >= 0.3 is 23.7 Å². The molecule has 0 saturated carbocycles. The van der Waals surface area contributed by atoms with E-state index in [0.29, 0.717) is 35.3 Å². The van der Waals surface area contributed by atoms with E-state index in [-0.39, 0.29) is 37.2 Å². The smallest absolute Gasteiger partial charge is 0.416 e. The maximum absolute atomic E-state index is 13.9. The first-order chi connectivity index (χ1) is 27.0. The van der Waals surface area contributed by atoms with Crippen molar-refractivity contribution in [1.82, 2.24) is 24.3 Å². The van der Waals surface area contributed by atoms with Crippen LogP contribution in [0.25, 0.3) is 11.3 Å². The summed E-state index contributed by atoms with van der Waals surface area (Å²) in [6.07, 6.45) is -5.85. The van der Waals surface area contributed by atoms with Gasteiger partial charge in [0.2, 0.25) is 11.7 Å². The van der Waals surface area contributed by atoms with E-state index >= 15 is 0 Å². The van der Waals surface area contributed by atoms with Crippen LogP contribution in [0.2, 0.25) is 0 Å². The number of alkyl halides is 3. The second-order valence-corrected chi connectivity index (χ2v) is 13.1. The van der Waals surface area contributed by atoms with E-state index in [1.165, 1.54) is 42.2 Å². The number of carbonyl (C=O) groups is 3. The molecular formula is C38H43F4N5O9S. The number of hydrogen-bond acceptors (Lipinski definition) is 11. The zero-order valence-electron chi connectivity index (χ0n) is 31.2. The molecule has 0 bridgehead atoms. The van der Waals surface area contributed by atoms with Gasteiger partial charge in [-0.05, 0) is 61.5 Å². The first kappa shape index (κ1) is 46.0. The molecule has 0 aliphatic rings. The third kappa shape index (κ3) is 14.3. The SMILES string of the molecule is CCOc1cn(CC(=O)N(CCN(CC)CC)Cc2ccc(-c3ccc(C(F)(F)F)cc3)nc2)c(SCc2ccc(F)cc2)nc1=O.O=C(O)C(O)C(O)C(=O)O. The minimum Gasteiger partial charge on any atom is -0.487 e. The summed E-state index contributed by atoms with van der Waals surface area (Å²) >= 11 is 1.25. The highest BCUT2D eigenvalue weighted by molar-refractivity contribution is 7.98. The number of aliphatic hydroxyl groups is 2. The summed E-state index contributed by atoms with van der Waals surface area (Å²) in [6, 6.07) is 14.3. The number of nitrogens with zero attached hydrogens (tertiary/aromatic N) is 5. The number of aromatic nitrogens is 3. The predicted octanol–water partition coefficient (Wildman–Crippen LogP) is 4.40. The zero-order chi connectivity index (χ0) is 42.3. The lowest BCUT2D eigenvalue weighted by Crippen LogP contribution is -2.40. The van der Waals surface area contributed by atoms with Crippen molar-refractivity contribution in [2.24, 2.45) is 0 Å². The number of benzene rings is 2. The molecule has 57 heavy (non-hydrogen) atoms. The second kappa shape index (κ2) is 21.8. The molecule has 308 valence electrons. The van der Waals surface area contributed by atoms with Crippen LogP contribution in [0.5, 0.6) is 5.75 Å². The average molecular weight is 822 g/mol. The first-order valence-electron chi connectivity index (χ1n) is 17.5. The lowest BCUT2D eigenvalue weighted by atomic mass is 10.1. The number of rotatable bonds is 18. The van der Waals surface area contributed by atoms with Crippen molar-refractivity contribution in [1.29, 1.82) is 0 Å². The zero-order valence-corrected chi connectivity index (χ0v) is 32.0. The summed E-state index contributed by atoms with van der Waals surface area (Å²) in [4.78, 5) is 58.7. The number of likely N-dealkylation sites (N-methyl/N-ethyl adjacent to an activating group) is 1. The van der Waals surface area contributed by atoms with Crippen LogP contribution in [0.15, 0.2) is 83.0 Å². The van der Waals surface area contributed by atoms with Crippen molar-refractivity contribution in [3.8, 4) is 17.0 Å². The minimum atomic E-state index is -4.42. The van der Waals surface area contributed by atoms with Gasteiger partial charge in [-0.3, -0.25) is 14.6 Å². The van der Waals surface area contributed by atoms with Crippen molar-refractivity contribution in [3.63, 3.8) is 0 Å². The molecular weight excluding hydrogens is 779 g/mol. The van der Waals surface area contributed by atoms with Gasteiger partial charge in [0.05, 0.1) is 24.1 Å². The molecule has 14 nitrogen and oxygen atoms in total. The third-order valence-corrected chi connectivity index (χ3v) is 9.32. The van der Waals surface area contributed by atoms with Crippen LogP contribution in [0.3, 0.4) is 0 Å². The van der Waals surface area contributed by atoms with E-state index < -0.39 is 41.4 Å². The molecule has 19 heteroatoms. The van der Waals surface area contributed by atoms with E-state index in [1.54, 1.807) is 46.9 Å². The van der Waals surface area contributed by atoms with E-state index in [4.69, 9.17) is 25.2 Å². The monoisotopic (exact) mass is 821 g/mol. The molecule has 2 aromatic heterocycles. The van der Waals surface area contributed by atoms with Gasteiger partial charge in [-0.15, -0.1) is 0 Å². The lowest BCUT2D eigenvalue weighted by Gasteiger charge is -2.27. The number of carboxylic acid groups (broad SMARTS) is 2. The molecule has 1 amide bonds. The highest BCUT2D eigenvalue weighted by atomic mass is 32.2. The number of hydrogen-bond donors (Lipinski definition) is 4. The largest absolute Gasteiger partial charge is 0.487 e. The van der Waals surface area contributed by atoms with Crippen LogP contribution in [0.1, 0.15) is 37.5 Å². The van der Waals surface area contributed by atoms with Crippen LogP contribution < -0.4 is 10.3 Å². The number of aliphatic carboxylic acids is 2. The Morgan fingerprint density at radius 1 is 0.877 bits per heavy atom. The molecule has 2 aromatic carbocycles. The van der Waals surface area contributed by atoms with Crippen LogP contribution in [-0.4, -0.2) is 108 Å². The molecule has 4 aromatic rings. The van der Waals surface area contributed by atoms with Crippen LogP contribution in [-0.2, 0) is 39.4 Å². The Balaban J connectivity index is 0.000000766. The van der Waals surface area contributed by atoms with Gasteiger partial charge < -0.3 is 39.5 Å². The fourth-order valence-electron chi connectivity index (χ4n) is 5.02. The molecule has 0 saturated heterocycles. The van der Waals surface area contributed by atoms with Gasteiger partial charge in [0.1, 0.15) is 12.4 Å². The third-order valence-electron chi connectivity index (χ3n) is 8.26. The van der Waals surface area contributed by atoms with E-state index in [0.717, 1.165) is 36.3 Å². The summed E-state index contributed by atoms with van der Waals surface area (Å²) in [6.45, 7) is 8.90.